The molecule has 1 aromatic rings. The molecule has 0 saturated carbocycles. The van der Waals surface area contributed by atoms with Crippen molar-refractivity contribution >= 4 is 15.9 Å². The summed E-state index contributed by atoms with van der Waals surface area (Å²) < 4.78 is 3.09. The number of nitrogens with two attached hydrogens (primary N) is 1. The molecule has 2 heterocycles. The van der Waals surface area contributed by atoms with Crippen molar-refractivity contribution < 1.29 is 0 Å². The second-order valence-electron chi connectivity index (χ2n) is 6.65. The molecule has 0 aliphatic carbocycles. The molecule has 4 nitrogen and oxygen atoms in total. The van der Waals surface area contributed by atoms with Gasteiger partial charge in [-0.2, -0.15) is 5.10 Å². The van der Waals surface area contributed by atoms with E-state index in [2.05, 4.69) is 58.3 Å². The van der Waals surface area contributed by atoms with Gasteiger partial charge in [-0.15, -0.1) is 0 Å². The number of aromatic nitrogens is 2. The summed E-state index contributed by atoms with van der Waals surface area (Å²) in [5.74, 6) is 0. The number of nitrogens with zero attached hydrogens (tertiary/aromatic N) is 3. The van der Waals surface area contributed by atoms with E-state index in [0.717, 1.165) is 29.7 Å². The van der Waals surface area contributed by atoms with Crippen LogP contribution in [0.25, 0.3) is 0 Å². The molecule has 1 aliphatic heterocycles. The lowest BCUT2D eigenvalue weighted by Crippen LogP contribution is -2.55. The van der Waals surface area contributed by atoms with Crippen molar-refractivity contribution in [2.24, 2.45) is 5.73 Å². The lowest BCUT2D eigenvalue weighted by Gasteiger charge is -2.47. The van der Waals surface area contributed by atoms with E-state index < -0.39 is 0 Å². The van der Waals surface area contributed by atoms with Crippen molar-refractivity contribution in [3.05, 3.63) is 16.4 Å². The highest BCUT2D eigenvalue weighted by atomic mass is 79.9. The third kappa shape index (κ3) is 3.20. The van der Waals surface area contributed by atoms with Gasteiger partial charge in [0.05, 0.1) is 22.4 Å². The van der Waals surface area contributed by atoms with Crippen molar-refractivity contribution in [3.63, 3.8) is 0 Å². The molecule has 120 valence electrons. The summed E-state index contributed by atoms with van der Waals surface area (Å²) in [6, 6.07) is 0.277. The fourth-order valence-electron chi connectivity index (χ4n) is 3.39. The van der Waals surface area contributed by atoms with Crippen LogP contribution in [0.1, 0.15) is 71.2 Å². The Morgan fingerprint density at radius 1 is 1.33 bits per heavy atom. The summed E-state index contributed by atoms with van der Waals surface area (Å²) in [6.07, 6.45) is 6.84. The molecule has 0 bridgehead atoms. The van der Waals surface area contributed by atoms with Crippen LogP contribution < -0.4 is 5.73 Å². The van der Waals surface area contributed by atoms with Crippen molar-refractivity contribution in [1.29, 1.82) is 0 Å². The van der Waals surface area contributed by atoms with Gasteiger partial charge in [0.2, 0.25) is 0 Å². The van der Waals surface area contributed by atoms with Gasteiger partial charge in [0.25, 0.3) is 0 Å². The quantitative estimate of drug-likeness (QED) is 0.870. The van der Waals surface area contributed by atoms with E-state index in [0.29, 0.717) is 6.04 Å². The Kier molecular flexibility index (Phi) is 5.49. The van der Waals surface area contributed by atoms with E-state index in [9.17, 15) is 0 Å². The van der Waals surface area contributed by atoms with Crippen molar-refractivity contribution in [1.82, 2.24) is 14.7 Å². The Morgan fingerprint density at radius 3 is 2.48 bits per heavy atom. The number of halogens is 1. The van der Waals surface area contributed by atoms with Crippen LogP contribution in [0, 0.1) is 0 Å². The first kappa shape index (κ1) is 17.0. The summed E-state index contributed by atoms with van der Waals surface area (Å²) in [6.45, 7) is 11.2. The highest BCUT2D eigenvalue weighted by Crippen LogP contribution is 2.37. The first-order valence-electron chi connectivity index (χ1n) is 8.15. The molecule has 2 atom stereocenters. The topological polar surface area (TPSA) is 47.1 Å². The monoisotopic (exact) mass is 356 g/mol. The maximum Gasteiger partial charge on any atom is 0.0715 e. The van der Waals surface area contributed by atoms with Crippen LogP contribution in [0.15, 0.2) is 10.7 Å². The lowest BCUT2D eigenvalue weighted by molar-refractivity contribution is 0.0513. The van der Waals surface area contributed by atoms with E-state index in [1.54, 1.807) is 0 Å². The number of hydrogen-bond donors (Lipinski definition) is 1. The van der Waals surface area contributed by atoms with Crippen LogP contribution in [-0.4, -0.2) is 33.3 Å². The molecule has 2 unspecified atom stereocenters. The molecule has 0 spiro atoms. The normalized spacial score (nSPS) is 21.5. The molecule has 0 amide bonds. The van der Waals surface area contributed by atoms with Gasteiger partial charge < -0.3 is 5.73 Å². The number of likely N-dealkylation sites (tertiary alicyclic amines) is 1. The largest absolute Gasteiger partial charge is 0.321 e. The molecule has 2 rings (SSSR count). The van der Waals surface area contributed by atoms with Gasteiger partial charge >= 0.3 is 0 Å². The van der Waals surface area contributed by atoms with E-state index in [-0.39, 0.29) is 11.6 Å². The molecule has 1 fully saturated rings. The molecule has 1 aliphatic rings. The molecular formula is C16H29BrN4. The molecule has 2 N–H and O–H groups in total. The van der Waals surface area contributed by atoms with Crippen LogP contribution in [0.5, 0.6) is 0 Å². The highest BCUT2D eigenvalue weighted by Gasteiger charge is 2.40. The smallest absolute Gasteiger partial charge is 0.0715 e. The van der Waals surface area contributed by atoms with Gasteiger partial charge in [-0.25, -0.2) is 0 Å². The summed E-state index contributed by atoms with van der Waals surface area (Å²) >= 11 is 3.65. The summed E-state index contributed by atoms with van der Waals surface area (Å²) in [5.41, 5.74) is 7.87. The van der Waals surface area contributed by atoms with Crippen molar-refractivity contribution in [2.45, 2.75) is 71.0 Å². The predicted octanol–water partition coefficient (Wildman–Crippen LogP) is 3.88. The molecular weight excluding hydrogens is 328 g/mol. The fourth-order valence-corrected chi connectivity index (χ4v) is 3.91. The highest BCUT2D eigenvalue weighted by molar-refractivity contribution is 9.10. The minimum absolute atomic E-state index is 0.0182. The standard InChI is InChI=1S/C16H29BrN4/c1-5-16(4,20-9-7-6-8-10-20)15(18)14-13(17)11-19-21(14)12(2)3/h11-12,15H,5-10,18H2,1-4H3. The zero-order valence-electron chi connectivity index (χ0n) is 13.8. The average molecular weight is 357 g/mol. The van der Waals surface area contributed by atoms with E-state index in [4.69, 9.17) is 5.73 Å². The first-order chi connectivity index (χ1) is 9.91. The molecule has 1 aromatic heterocycles. The average Bonchev–Trinajstić information content (AvgIpc) is 2.88. The maximum absolute atomic E-state index is 6.77. The van der Waals surface area contributed by atoms with E-state index in [1.165, 1.54) is 19.3 Å². The van der Waals surface area contributed by atoms with Gasteiger partial charge in [0, 0.05) is 11.6 Å². The van der Waals surface area contributed by atoms with Gasteiger partial charge in [-0.1, -0.05) is 13.3 Å². The van der Waals surface area contributed by atoms with Gasteiger partial charge in [-0.05, 0) is 69.1 Å². The Hall–Kier alpha value is -0.390. The van der Waals surface area contributed by atoms with Crippen molar-refractivity contribution in [2.75, 3.05) is 13.1 Å². The summed E-state index contributed by atoms with van der Waals surface area (Å²) in [4.78, 5) is 2.59. The Balaban J connectivity index is 2.35. The Bertz CT molecular complexity index is 465. The Labute approximate surface area is 137 Å². The summed E-state index contributed by atoms with van der Waals surface area (Å²) in [7, 11) is 0. The van der Waals surface area contributed by atoms with Crippen LogP contribution in [-0.2, 0) is 0 Å². The second-order valence-corrected chi connectivity index (χ2v) is 7.51. The zero-order valence-corrected chi connectivity index (χ0v) is 15.4. The predicted molar refractivity (Wildman–Crippen MR) is 91.4 cm³/mol. The molecule has 0 radical (unpaired) electrons. The van der Waals surface area contributed by atoms with Crippen molar-refractivity contribution in [3.8, 4) is 0 Å². The van der Waals surface area contributed by atoms with Crippen LogP contribution in [0.2, 0.25) is 0 Å². The second kappa shape index (κ2) is 6.80. The molecule has 5 heteroatoms. The maximum atomic E-state index is 6.77. The number of rotatable bonds is 5. The Morgan fingerprint density at radius 2 is 1.95 bits per heavy atom. The van der Waals surface area contributed by atoms with Gasteiger partial charge in [0.15, 0.2) is 0 Å². The van der Waals surface area contributed by atoms with Crippen LogP contribution >= 0.6 is 15.9 Å². The number of piperidine rings is 1. The first-order valence-corrected chi connectivity index (χ1v) is 8.94. The molecule has 1 saturated heterocycles. The molecule has 21 heavy (non-hydrogen) atoms. The zero-order chi connectivity index (χ0) is 15.6. The minimum atomic E-state index is -0.0418. The fraction of sp³-hybridized carbons (Fsp3) is 0.812. The SMILES string of the molecule is CCC(C)(C(N)c1c(Br)cnn1C(C)C)N1CCCCC1. The summed E-state index contributed by atoms with van der Waals surface area (Å²) in [5, 5.41) is 4.50. The van der Waals surface area contributed by atoms with Gasteiger partial charge in [-0.3, -0.25) is 9.58 Å². The van der Waals surface area contributed by atoms with Gasteiger partial charge in [0.1, 0.15) is 0 Å². The lowest BCUT2D eigenvalue weighted by atomic mass is 9.84. The molecule has 0 aromatic carbocycles. The van der Waals surface area contributed by atoms with Crippen LogP contribution in [0.3, 0.4) is 0 Å². The third-order valence-electron chi connectivity index (χ3n) is 5.03. The van der Waals surface area contributed by atoms with E-state index in [1.807, 2.05) is 6.20 Å². The number of hydrogen-bond acceptors (Lipinski definition) is 3. The third-order valence-corrected chi connectivity index (χ3v) is 5.65. The van der Waals surface area contributed by atoms with Crippen LogP contribution in [0.4, 0.5) is 0 Å². The minimum Gasteiger partial charge on any atom is -0.321 e. The van der Waals surface area contributed by atoms with E-state index >= 15 is 0 Å².